The van der Waals surface area contributed by atoms with Crippen LogP contribution in [-0.4, -0.2) is 90.7 Å². The van der Waals surface area contributed by atoms with Gasteiger partial charge < -0.3 is 29.7 Å². The van der Waals surface area contributed by atoms with E-state index in [-0.39, 0.29) is 0 Å². The fourth-order valence-electron chi connectivity index (χ4n) is 3.81. The van der Waals surface area contributed by atoms with Crippen LogP contribution >= 0.6 is 0 Å². The number of hydrogen-bond acceptors (Lipinski definition) is 8. The minimum Gasteiger partial charge on any atom is -0.481 e. The molecular formula is C25H40N4O8. The molecule has 0 saturated heterocycles. The van der Waals surface area contributed by atoms with Gasteiger partial charge in [0.25, 0.3) is 0 Å². The van der Waals surface area contributed by atoms with Crippen molar-refractivity contribution in [2.24, 2.45) is 0 Å². The summed E-state index contributed by atoms with van der Waals surface area (Å²) in [4.78, 5) is 35.2. The molecule has 12 nitrogen and oxygen atoms in total. The summed E-state index contributed by atoms with van der Waals surface area (Å²) in [5, 5.41) is 38.5. The van der Waals surface area contributed by atoms with Crippen LogP contribution in [0.15, 0.2) is 22.8 Å². The summed E-state index contributed by atoms with van der Waals surface area (Å²) in [6.07, 6.45) is 0.605. The van der Waals surface area contributed by atoms with Gasteiger partial charge >= 0.3 is 17.9 Å². The predicted molar refractivity (Wildman–Crippen MR) is 135 cm³/mol. The molecule has 12 heteroatoms. The molecule has 0 unspecified atom stereocenters. The first-order valence-corrected chi connectivity index (χ1v) is 12.0. The summed E-state index contributed by atoms with van der Waals surface area (Å²) >= 11 is 0. The van der Waals surface area contributed by atoms with E-state index in [1.54, 1.807) is 6.26 Å². The lowest BCUT2D eigenvalue weighted by Crippen LogP contribution is -2.42. The van der Waals surface area contributed by atoms with E-state index in [0.29, 0.717) is 6.04 Å². The van der Waals surface area contributed by atoms with Crippen LogP contribution in [0.1, 0.15) is 61.9 Å². The minimum atomic E-state index is -2.74. The van der Waals surface area contributed by atoms with Gasteiger partial charge in [-0.1, -0.05) is 0 Å². The predicted octanol–water partition coefficient (Wildman–Crippen LogP) is 2.38. The Kier molecular flexibility index (Phi) is 12.5. The highest BCUT2D eigenvalue weighted by Crippen LogP contribution is 2.20. The van der Waals surface area contributed by atoms with Gasteiger partial charge in [-0.3, -0.25) is 19.2 Å². The summed E-state index contributed by atoms with van der Waals surface area (Å²) in [7, 11) is 4.25. The second-order valence-corrected chi connectivity index (χ2v) is 9.61. The van der Waals surface area contributed by atoms with Crippen molar-refractivity contribution in [2.75, 3.05) is 27.2 Å². The first-order valence-electron chi connectivity index (χ1n) is 12.0. The van der Waals surface area contributed by atoms with E-state index >= 15 is 0 Å². The molecule has 0 aliphatic heterocycles. The first kappa shape index (κ1) is 31.8. The molecule has 37 heavy (non-hydrogen) atoms. The van der Waals surface area contributed by atoms with Crippen LogP contribution in [0.25, 0.3) is 0 Å². The number of aromatic nitrogens is 2. The molecule has 0 aromatic carbocycles. The van der Waals surface area contributed by atoms with Crippen LogP contribution in [0.5, 0.6) is 0 Å². The van der Waals surface area contributed by atoms with Gasteiger partial charge in [0.15, 0.2) is 5.60 Å². The fourth-order valence-corrected chi connectivity index (χ4v) is 3.81. The molecule has 0 fully saturated rings. The highest BCUT2D eigenvalue weighted by atomic mass is 16.4. The smallest absolute Gasteiger partial charge is 0.336 e. The zero-order valence-electron chi connectivity index (χ0n) is 22.5. The minimum absolute atomic E-state index is 0.393. The lowest BCUT2D eigenvalue weighted by molar-refractivity contribution is -0.170. The molecule has 0 bridgehead atoms. The average Bonchev–Trinajstić information content (AvgIpc) is 3.36. The molecule has 0 atom stereocenters. The third kappa shape index (κ3) is 10.7. The van der Waals surface area contributed by atoms with E-state index in [0.717, 1.165) is 44.1 Å². The molecule has 2 aromatic rings. The number of aryl methyl sites for hydroxylation is 1. The van der Waals surface area contributed by atoms with E-state index in [1.165, 1.54) is 11.3 Å². The third-order valence-corrected chi connectivity index (χ3v) is 5.67. The first-order chi connectivity index (χ1) is 17.2. The van der Waals surface area contributed by atoms with Crippen molar-refractivity contribution in [3.63, 3.8) is 0 Å². The fraction of sp³-hybridized carbons (Fsp3) is 0.600. The number of carboxylic acids is 3. The number of rotatable bonds is 14. The van der Waals surface area contributed by atoms with Crippen molar-refractivity contribution < 1.29 is 39.2 Å². The monoisotopic (exact) mass is 524 g/mol. The van der Waals surface area contributed by atoms with Gasteiger partial charge in [0.2, 0.25) is 0 Å². The van der Waals surface area contributed by atoms with Crippen LogP contribution in [0.3, 0.4) is 0 Å². The van der Waals surface area contributed by atoms with E-state index in [4.69, 9.17) is 29.9 Å². The van der Waals surface area contributed by atoms with E-state index in [2.05, 4.69) is 62.3 Å². The molecule has 0 spiro atoms. The molecular weight excluding hydrogens is 484 g/mol. The number of furan rings is 1. The number of carboxylic acid groups (broad SMARTS) is 3. The van der Waals surface area contributed by atoms with Gasteiger partial charge in [-0.15, -0.1) is 0 Å². The zero-order chi connectivity index (χ0) is 28.3. The van der Waals surface area contributed by atoms with E-state index in [1.807, 2.05) is 6.07 Å². The van der Waals surface area contributed by atoms with Crippen molar-refractivity contribution in [3.05, 3.63) is 41.1 Å². The highest BCUT2D eigenvalue weighted by Gasteiger charge is 2.40. The van der Waals surface area contributed by atoms with Gasteiger partial charge in [-0.25, -0.2) is 4.79 Å². The molecule has 2 heterocycles. The van der Waals surface area contributed by atoms with Gasteiger partial charge in [0, 0.05) is 30.4 Å². The molecule has 2 aromatic heterocycles. The SMILES string of the molecule is Cc1nn(C(C)C)c(C)c1CN(CCCN(C)C)Cc1ccco1.O=C(O)CC(O)(CC(=O)O)C(=O)O. The number of aliphatic hydroxyl groups is 1. The molecule has 208 valence electrons. The van der Waals surface area contributed by atoms with Crippen LogP contribution < -0.4 is 0 Å². The molecule has 0 aliphatic rings. The highest BCUT2D eigenvalue weighted by molar-refractivity contribution is 5.88. The summed E-state index contributed by atoms with van der Waals surface area (Å²) in [6.45, 7) is 12.6. The van der Waals surface area contributed by atoms with Crippen LogP contribution in [0, 0.1) is 13.8 Å². The Morgan fingerprint density at radius 3 is 2.05 bits per heavy atom. The number of nitrogens with zero attached hydrogens (tertiary/aromatic N) is 4. The summed E-state index contributed by atoms with van der Waals surface area (Å²) < 4.78 is 7.69. The molecule has 4 N–H and O–H groups in total. The van der Waals surface area contributed by atoms with Gasteiger partial charge in [-0.05, 0) is 66.9 Å². The Morgan fingerprint density at radius 2 is 1.65 bits per heavy atom. The maximum absolute atomic E-state index is 10.3. The molecule has 0 saturated carbocycles. The number of carbonyl (C=O) groups is 3. The Bertz CT molecular complexity index is 998. The van der Waals surface area contributed by atoms with Crippen molar-refractivity contribution in [1.82, 2.24) is 19.6 Å². The van der Waals surface area contributed by atoms with E-state index in [9.17, 15) is 14.4 Å². The van der Waals surface area contributed by atoms with Gasteiger partial charge in [-0.2, -0.15) is 5.10 Å². The average molecular weight is 525 g/mol. The van der Waals surface area contributed by atoms with Gasteiger partial charge in [0.1, 0.15) is 5.76 Å². The molecule has 0 radical (unpaired) electrons. The third-order valence-electron chi connectivity index (χ3n) is 5.67. The topological polar surface area (TPSA) is 170 Å². The molecule has 0 aliphatic carbocycles. The second kappa shape index (κ2) is 14.5. The normalized spacial score (nSPS) is 11.6. The molecule has 2 rings (SSSR count). The summed E-state index contributed by atoms with van der Waals surface area (Å²) in [5.41, 5.74) is 1.02. The van der Waals surface area contributed by atoms with Crippen molar-refractivity contribution in [1.29, 1.82) is 0 Å². The summed E-state index contributed by atoms with van der Waals surface area (Å²) in [6, 6.07) is 4.40. The van der Waals surface area contributed by atoms with Crippen molar-refractivity contribution in [2.45, 2.75) is 71.7 Å². The standard InChI is InChI=1S/C19H32N4O.C6H8O7/c1-15(2)23-17(4)19(16(3)20-23)14-22(11-8-10-21(5)6)13-18-9-7-12-24-18;7-3(8)1-6(13,5(11)12)2-4(9)10/h7,9,12,15H,8,10-11,13-14H2,1-6H3;13H,1-2H2,(H,7,8)(H,9,10)(H,11,12). The largest absolute Gasteiger partial charge is 0.481 e. The van der Waals surface area contributed by atoms with Crippen LogP contribution in [0.4, 0.5) is 0 Å². The van der Waals surface area contributed by atoms with Crippen molar-refractivity contribution >= 4 is 17.9 Å². The quantitative estimate of drug-likeness (QED) is 0.286. The van der Waals surface area contributed by atoms with Crippen LogP contribution in [-0.2, 0) is 27.5 Å². The van der Waals surface area contributed by atoms with Crippen LogP contribution in [0.2, 0.25) is 0 Å². The number of hydrogen-bond donors (Lipinski definition) is 4. The maximum Gasteiger partial charge on any atom is 0.336 e. The van der Waals surface area contributed by atoms with Crippen molar-refractivity contribution in [3.8, 4) is 0 Å². The maximum atomic E-state index is 10.3. The Hall–Kier alpha value is -3.22. The molecule has 0 amide bonds. The Labute approximate surface area is 217 Å². The lowest BCUT2D eigenvalue weighted by Gasteiger charge is -2.22. The van der Waals surface area contributed by atoms with E-state index < -0.39 is 36.4 Å². The van der Waals surface area contributed by atoms with Gasteiger partial charge in [0.05, 0.1) is 31.3 Å². The second-order valence-electron chi connectivity index (χ2n) is 9.61. The summed E-state index contributed by atoms with van der Waals surface area (Å²) in [5.74, 6) is -4.00. The Balaban J connectivity index is 0.000000448. The Morgan fingerprint density at radius 1 is 1.05 bits per heavy atom. The zero-order valence-corrected chi connectivity index (χ0v) is 22.5. The lowest BCUT2D eigenvalue weighted by atomic mass is 9.96. The number of aliphatic carboxylic acids is 3.